The zero-order chi connectivity index (χ0) is 14.9. The third-order valence-corrected chi connectivity index (χ3v) is 4.75. The van der Waals surface area contributed by atoms with Gasteiger partial charge in [0.25, 0.3) is 0 Å². The van der Waals surface area contributed by atoms with Gasteiger partial charge in [-0.3, -0.25) is 0 Å². The van der Waals surface area contributed by atoms with E-state index in [9.17, 15) is 0 Å². The van der Waals surface area contributed by atoms with Crippen molar-refractivity contribution in [3.05, 3.63) is 47.7 Å². The Morgan fingerprint density at radius 3 is 2.50 bits per heavy atom. The van der Waals surface area contributed by atoms with Gasteiger partial charge in [-0.2, -0.15) is 9.61 Å². The van der Waals surface area contributed by atoms with E-state index in [1.54, 1.807) is 6.20 Å². The average molecular weight is 292 g/mol. The number of hydrogen-bond acceptors (Lipinski definition) is 3. The largest absolute Gasteiger partial charge is 0.193 e. The molecule has 2 aromatic heterocycles. The number of nitrogens with zero attached hydrogens (tertiary/aromatic N) is 4. The molecule has 112 valence electrons. The van der Waals surface area contributed by atoms with E-state index in [1.165, 1.54) is 37.7 Å². The molecule has 1 fully saturated rings. The predicted molar refractivity (Wildman–Crippen MR) is 86.8 cm³/mol. The second-order valence-corrected chi connectivity index (χ2v) is 6.23. The zero-order valence-electron chi connectivity index (χ0n) is 12.9. The minimum absolute atomic E-state index is 0.735. The lowest BCUT2D eigenvalue weighted by Gasteiger charge is -2.21. The Kier molecular flexibility index (Phi) is 3.37. The maximum atomic E-state index is 4.38. The standard InChI is InChI=1S/C18H20N4/c1-13-11-12-19-22-17(13)20-21-18(22)16-9-7-15(8-10-16)14-5-3-2-4-6-14/h7-12,14H,2-6H2,1H3. The van der Waals surface area contributed by atoms with E-state index in [2.05, 4.69) is 39.6 Å². The van der Waals surface area contributed by atoms with E-state index in [0.29, 0.717) is 0 Å². The molecule has 0 aliphatic heterocycles. The minimum atomic E-state index is 0.735. The van der Waals surface area contributed by atoms with Crippen molar-refractivity contribution in [3.63, 3.8) is 0 Å². The molecule has 0 spiro atoms. The highest BCUT2D eigenvalue weighted by Gasteiger charge is 2.16. The summed E-state index contributed by atoms with van der Waals surface area (Å²) in [5.74, 6) is 1.55. The van der Waals surface area contributed by atoms with Crippen LogP contribution in [0.1, 0.15) is 49.1 Å². The van der Waals surface area contributed by atoms with Gasteiger partial charge in [0.05, 0.1) is 0 Å². The second kappa shape index (κ2) is 5.52. The third kappa shape index (κ3) is 2.28. The summed E-state index contributed by atoms with van der Waals surface area (Å²) in [6.07, 6.45) is 8.58. The number of fused-ring (bicyclic) bond motifs is 1. The van der Waals surface area contributed by atoms with Crippen molar-refractivity contribution in [3.8, 4) is 11.4 Å². The van der Waals surface area contributed by atoms with Gasteiger partial charge in [0, 0.05) is 11.8 Å². The van der Waals surface area contributed by atoms with Gasteiger partial charge in [0.2, 0.25) is 0 Å². The second-order valence-electron chi connectivity index (χ2n) is 6.23. The Bertz CT molecular complexity index is 782. The fourth-order valence-electron chi connectivity index (χ4n) is 3.44. The van der Waals surface area contributed by atoms with Crippen LogP contribution in [0, 0.1) is 6.92 Å². The fourth-order valence-corrected chi connectivity index (χ4v) is 3.44. The molecule has 22 heavy (non-hydrogen) atoms. The first kappa shape index (κ1) is 13.4. The summed E-state index contributed by atoms with van der Waals surface area (Å²) >= 11 is 0. The SMILES string of the molecule is Cc1ccnn2c(-c3ccc(C4CCCCC4)cc3)nnc12. The van der Waals surface area contributed by atoms with Crippen LogP contribution in [0.5, 0.6) is 0 Å². The highest BCUT2D eigenvalue weighted by atomic mass is 15.4. The maximum absolute atomic E-state index is 4.38. The van der Waals surface area contributed by atoms with Crippen LogP contribution in [-0.4, -0.2) is 19.8 Å². The number of hydrogen-bond donors (Lipinski definition) is 0. The molecule has 0 saturated heterocycles. The quantitative estimate of drug-likeness (QED) is 0.712. The van der Waals surface area contributed by atoms with E-state index < -0.39 is 0 Å². The molecule has 0 amide bonds. The first-order chi connectivity index (χ1) is 10.8. The molecular formula is C18H20N4. The van der Waals surface area contributed by atoms with Gasteiger partial charge in [-0.25, -0.2) is 0 Å². The Morgan fingerprint density at radius 1 is 0.955 bits per heavy atom. The minimum Gasteiger partial charge on any atom is -0.193 e. The van der Waals surface area contributed by atoms with Crippen LogP contribution in [0.3, 0.4) is 0 Å². The van der Waals surface area contributed by atoms with Crippen LogP contribution < -0.4 is 0 Å². The van der Waals surface area contributed by atoms with E-state index in [0.717, 1.165) is 28.5 Å². The summed E-state index contributed by atoms with van der Waals surface area (Å²) in [4.78, 5) is 0. The lowest BCUT2D eigenvalue weighted by Crippen LogP contribution is -2.04. The average Bonchev–Trinajstić information content (AvgIpc) is 3.01. The van der Waals surface area contributed by atoms with Crippen LogP contribution in [0.25, 0.3) is 17.0 Å². The highest BCUT2D eigenvalue weighted by molar-refractivity contribution is 5.60. The first-order valence-corrected chi connectivity index (χ1v) is 8.10. The predicted octanol–water partition coefficient (Wildman–Crippen LogP) is 4.15. The van der Waals surface area contributed by atoms with Crippen LogP contribution in [-0.2, 0) is 0 Å². The summed E-state index contributed by atoms with van der Waals surface area (Å²) in [5, 5.41) is 13.0. The summed E-state index contributed by atoms with van der Waals surface area (Å²) in [6, 6.07) is 10.8. The molecular weight excluding hydrogens is 272 g/mol. The summed E-state index contributed by atoms with van der Waals surface area (Å²) in [6.45, 7) is 2.03. The van der Waals surface area contributed by atoms with Crippen molar-refractivity contribution in [1.82, 2.24) is 19.8 Å². The fraction of sp³-hybridized carbons (Fsp3) is 0.389. The van der Waals surface area contributed by atoms with Crippen LogP contribution in [0.4, 0.5) is 0 Å². The molecule has 4 heteroatoms. The number of aryl methyl sites for hydroxylation is 1. The molecule has 0 radical (unpaired) electrons. The third-order valence-electron chi connectivity index (χ3n) is 4.75. The molecule has 3 aromatic rings. The van der Waals surface area contributed by atoms with Crippen LogP contribution in [0.2, 0.25) is 0 Å². The van der Waals surface area contributed by atoms with Crippen molar-refractivity contribution >= 4 is 5.65 Å². The molecule has 4 nitrogen and oxygen atoms in total. The summed E-state index contributed by atoms with van der Waals surface area (Å²) < 4.78 is 1.82. The Labute approximate surface area is 130 Å². The Morgan fingerprint density at radius 2 is 1.73 bits per heavy atom. The first-order valence-electron chi connectivity index (χ1n) is 8.10. The molecule has 0 atom stereocenters. The smallest absolute Gasteiger partial charge is 0.185 e. The Balaban J connectivity index is 1.68. The summed E-state index contributed by atoms with van der Waals surface area (Å²) in [5.41, 5.74) is 4.45. The van der Waals surface area contributed by atoms with Crippen molar-refractivity contribution in [2.45, 2.75) is 44.9 Å². The van der Waals surface area contributed by atoms with E-state index in [-0.39, 0.29) is 0 Å². The molecule has 0 unspecified atom stereocenters. The van der Waals surface area contributed by atoms with Gasteiger partial charge in [-0.05, 0) is 42.9 Å². The lowest BCUT2D eigenvalue weighted by molar-refractivity contribution is 0.443. The normalized spacial score (nSPS) is 16.2. The molecule has 1 aliphatic rings. The van der Waals surface area contributed by atoms with E-state index in [1.807, 2.05) is 17.5 Å². The highest BCUT2D eigenvalue weighted by Crippen LogP contribution is 2.33. The van der Waals surface area contributed by atoms with Crippen molar-refractivity contribution < 1.29 is 0 Å². The Hall–Kier alpha value is -2.23. The van der Waals surface area contributed by atoms with Crippen molar-refractivity contribution in [1.29, 1.82) is 0 Å². The maximum Gasteiger partial charge on any atom is 0.185 e. The van der Waals surface area contributed by atoms with Gasteiger partial charge >= 0.3 is 0 Å². The lowest BCUT2D eigenvalue weighted by atomic mass is 9.84. The van der Waals surface area contributed by atoms with Gasteiger partial charge in [0.15, 0.2) is 11.5 Å². The summed E-state index contributed by atoms with van der Waals surface area (Å²) in [7, 11) is 0. The molecule has 1 aromatic carbocycles. The zero-order valence-corrected chi connectivity index (χ0v) is 12.9. The van der Waals surface area contributed by atoms with Crippen molar-refractivity contribution in [2.24, 2.45) is 0 Å². The molecule has 0 N–H and O–H groups in total. The monoisotopic (exact) mass is 292 g/mol. The molecule has 1 saturated carbocycles. The van der Waals surface area contributed by atoms with Gasteiger partial charge in [-0.1, -0.05) is 43.5 Å². The van der Waals surface area contributed by atoms with E-state index >= 15 is 0 Å². The topological polar surface area (TPSA) is 43.1 Å². The van der Waals surface area contributed by atoms with Crippen LogP contribution in [0.15, 0.2) is 36.5 Å². The number of aromatic nitrogens is 4. The van der Waals surface area contributed by atoms with E-state index in [4.69, 9.17) is 0 Å². The molecule has 2 heterocycles. The number of benzene rings is 1. The van der Waals surface area contributed by atoms with Crippen LogP contribution >= 0.6 is 0 Å². The van der Waals surface area contributed by atoms with Gasteiger partial charge < -0.3 is 0 Å². The van der Waals surface area contributed by atoms with Gasteiger partial charge in [0.1, 0.15) is 0 Å². The molecule has 1 aliphatic carbocycles. The molecule has 4 rings (SSSR count). The number of rotatable bonds is 2. The van der Waals surface area contributed by atoms with Gasteiger partial charge in [-0.15, -0.1) is 10.2 Å². The molecule has 0 bridgehead atoms. The van der Waals surface area contributed by atoms with Crippen molar-refractivity contribution in [2.75, 3.05) is 0 Å².